The van der Waals surface area contributed by atoms with Gasteiger partial charge in [-0.2, -0.15) is 0 Å². The second-order valence-corrected chi connectivity index (χ2v) is 4.89. The van der Waals surface area contributed by atoms with E-state index in [9.17, 15) is 5.11 Å². The molecule has 0 spiro atoms. The second-order valence-electron chi connectivity index (χ2n) is 4.45. The van der Waals surface area contributed by atoms with Gasteiger partial charge in [-0.15, -0.1) is 0 Å². The van der Waals surface area contributed by atoms with E-state index in [1.807, 2.05) is 30.3 Å². The standard InChI is InChI=1S/C16H17ClO/c1-2-5-12-6-3-7-13(10-12)16(18)14-8-4-9-15(17)11-14/h3-4,6-11,16,18H,2,5H2,1H3. The lowest BCUT2D eigenvalue weighted by Crippen LogP contribution is -2.00. The van der Waals surface area contributed by atoms with Crippen molar-refractivity contribution in [3.05, 3.63) is 70.2 Å². The molecule has 1 N–H and O–H groups in total. The van der Waals surface area contributed by atoms with Crippen LogP contribution in [-0.4, -0.2) is 5.11 Å². The maximum atomic E-state index is 10.4. The summed E-state index contributed by atoms with van der Waals surface area (Å²) >= 11 is 5.95. The van der Waals surface area contributed by atoms with Gasteiger partial charge in [0, 0.05) is 5.02 Å². The highest BCUT2D eigenvalue weighted by atomic mass is 35.5. The van der Waals surface area contributed by atoms with Crippen LogP contribution in [-0.2, 0) is 6.42 Å². The average Bonchev–Trinajstić information content (AvgIpc) is 2.39. The van der Waals surface area contributed by atoms with E-state index in [1.54, 1.807) is 6.07 Å². The minimum atomic E-state index is -0.611. The molecule has 0 aliphatic carbocycles. The molecule has 0 saturated carbocycles. The molecule has 1 atom stereocenters. The van der Waals surface area contributed by atoms with Crippen molar-refractivity contribution < 1.29 is 5.11 Å². The van der Waals surface area contributed by atoms with Gasteiger partial charge in [0.05, 0.1) is 0 Å². The molecule has 2 rings (SSSR count). The number of halogens is 1. The van der Waals surface area contributed by atoms with Crippen LogP contribution in [0, 0.1) is 0 Å². The third-order valence-corrected chi connectivity index (χ3v) is 3.20. The fraction of sp³-hybridized carbons (Fsp3) is 0.250. The number of hydrogen-bond acceptors (Lipinski definition) is 1. The Hall–Kier alpha value is -1.31. The zero-order chi connectivity index (χ0) is 13.0. The molecule has 0 aliphatic heterocycles. The van der Waals surface area contributed by atoms with Crippen molar-refractivity contribution in [2.24, 2.45) is 0 Å². The molecule has 0 bridgehead atoms. The Morgan fingerprint density at radius 2 is 1.72 bits per heavy atom. The van der Waals surface area contributed by atoms with Crippen LogP contribution in [0.15, 0.2) is 48.5 Å². The minimum absolute atomic E-state index is 0.611. The predicted molar refractivity (Wildman–Crippen MR) is 76.0 cm³/mol. The van der Waals surface area contributed by atoms with Crippen LogP contribution in [0.25, 0.3) is 0 Å². The molecule has 2 heteroatoms. The lowest BCUT2D eigenvalue weighted by molar-refractivity contribution is 0.220. The Labute approximate surface area is 113 Å². The highest BCUT2D eigenvalue weighted by molar-refractivity contribution is 6.30. The van der Waals surface area contributed by atoms with E-state index in [-0.39, 0.29) is 0 Å². The van der Waals surface area contributed by atoms with Gasteiger partial charge in [-0.05, 0) is 35.2 Å². The maximum absolute atomic E-state index is 10.4. The van der Waals surface area contributed by atoms with Crippen molar-refractivity contribution >= 4 is 11.6 Å². The number of hydrogen-bond donors (Lipinski definition) is 1. The Morgan fingerprint density at radius 1 is 1.06 bits per heavy atom. The summed E-state index contributed by atoms with van der Waals surface area (Å²) < 4.78 is 0. The second kappa shape index (κ2) is 6.03. The first-order valence-electron chi connectivity index (χ1n) is 6.23. The summed E-state index contributed by atoms with van der Waals surface area (Å²) in [6.45, 7) is 2.15. The summed E-state index contributed by atoms with van der Waals surface area (Å²) in [7, 11) is 0. The molecule has 0 amide bonds. The Bertz CT molecular complexity index is 522. The van der Waals surface area contributed by atoms with Crippen molar-refractivity contribution in [1.82, 2.24) is 0 Å². The predicted octanol–water partition coefficient (Wildman–Crippen LogP) is 4.37. The average molecular weight is 261 g/mol. The van der Waals surface area contributed by atoms with Crippen molar-refractivity contribution in [1.29, 1.82) is 0 Å². The first kappa shape index (κ1) is 13.1. The summed E-state index contributed by atoms with van der Waals surface area (Å²) in [5.74, 6) is 0. The van der Waals surface area contributed by atoms with Crippen LogP contribution < -0.4 is 0 Å². The van der Waals surface area contributed by atoms with Crippen LogP contribution >= 0.6 is 11.6 Å². The molecule has 0 aromatic heterocycles. The molecule has 1 unspecified atom stereocenters. The summed E-state index contributed by atoms with van der Waals surface area (Å²) in [4.78, 5) is 0. The summed E-state index contributed by atoms with van der Waals surface area (Å²) in [6, 6.07) is 15.5. The number of aliphatic hydroxyl groups is 1. The quantitative estimate of drug-likeness (QED) is 0.865. The largest absolute Gasteiger partial charge is 0.384 e. The van der Waals surface area contributed by atoms with Crippen LogP contribution in [0.3, 0.4) is 0 Å². The molecular weight excluding hydrogens is 244 g/mol. The first-order chi connectivity index (χ1) is 8.70. The fourth-order valence-electron chi connectivity index (χ4n) is 2.08. The van der Waals surface area contributed by atoms with Crippen LogP contribution in [0.5, 0.6) is 0 Å². The van der Waals surface area contributed by atoms with Gasteiger partial charge in [-0.1, -0.05) is 61.3 Å². The van der Waals surface area contributed by atoms with Gasteiger partial charge in [0.1, 0.15) is 6.10 Å². The molecule has 0 aliphatic rings. The molecular formula is C16H17ClO. The Balaban J connectivity index is 2.27. The van der Waals surface area contributed by atoms with E-state index in [0.717, 1.165) is 24.0 Å². The van der Waals surface area contributed by atoms with Crippen LogP contribution in [0.1, 0.15) is 36.1 Å². The van der Waals surface area contributed by atoms with E-state index < -0.39 is 6.10 Å². The number of rotatable bonds is 4. The lowest BCUT2D eigenvalue weighted by Gasteiger charge is -2.13. The molecule has 2 aromatic rings. The molecule has 18 heavy (non-hydrogen) atoms. The van der Waals surface area contributed by atoms with E-state index in [0.29, 0.717) is 5.02 Å². The number of benzene rings is 2. The minimum Gasteiger partial charge on any atom is -0.384 e. The summed E-state index contributed by atoms with van der Waals surface area (Å²) in [6.07, 6.45) is 1.54. The van der Waals surface area contributed by atoms with Gasteiger partial charge < -0.3 is 5.11 Å². The first-order valence-corrected chi connectivity index (χ1v) is 6.61. The third kappa shape index (κ3) is 3.12. The van der Waals surface area contributed by atoms with E-state index in [4.69, 9.17) is 11.6 Å². The Morgan fingerprint density at radius 3 is 2.39 bits per heavy atom. The van der Waals surface area contributed by atoms with Crippen molar-refractivity contribution in [3.8, 4) is 0 Å². The molecule has 0 fully saturated rings. The van der Waals surface area contributed by atoms with Gasteiger partial charge in [0.25, 0.3) is 0 Å². The normalized spacial score (nSPS) is 12.4. The number of aryl methyl sites for hydroxylation is 1. The highest BCUT2D eigenvalue weighted by Gasteiger charge is 2.10. The van der Waals surface area contributed by atoms with Gasteiger partial charge in [-0.3, -0.25) is 0 Å². The highest BCUT2D eigenvalue weighted by Crippen LogP contribution is 2.25. The summed E-state index contributed by atoms with van der Waals surface area (Å²) in [5, 5.41) is 11.0. The van der Waals surface area contributed by atoms with E-state index >= 15 is 0 Å². The van der Waals surface area contributed by atoms with Gasteiger partial charge in [0.2, 0.25) is 0 Å². The van der Waals surface area contributed by atoms with E-state index in [2.05, 4.69) is 19.1 Å². The van der Waals surface area contributed by atoms with Crippen molar-refractivity contribution in [2.45, 2.75) is 25.9 Å². The molecule has 0 heterocycles. The lowest BCUT2D eigenvalue weighted by atomic mass is 9.98. The Kier molecular flexibility index (Phi) is 4.40. The van der Waals surface area contributed by atoms with Crippen LogP contribution in [0.2, 0.25) is 5.02 Å². The molecule has 0 radical (unpaired) electrons. The van der Waals surface area contributed by atoms with Gasteiger partial charge in [-0.25, -0.2) is 0 Å². The zero-order valence-corrected chi connectivity index (χ0v) is 11.2. The monoisotopic (exact) mass is 260 g/mol. The molecule has 1 nitrogen and oxygen atoms in total. The molecule has 2 aromatic carbocycles. The smallest absolute Gasteiger partial charge is 0.104 e. The van der Waals surface area contributed by atoms with Crippen LogP contribution in [0.4, 0.5) is 0 Å². The molecule has 94 valence electrons. The zero-order valence-electron chi connectivity index (χ0n) is 10.4. The van der Waals surface area contributed by atoms with Gasteiger partial charge >= 0.3 is 0 Å². The fourth-order valence-corrected chi connectivity index (χ4v) is 2.28. The maximum Gasteiger partial charge on any atom is 0.104 e. The SMILES string of the molecule is CCCc1cccc(C(O)c2cccc(Cl)c2)c1. The van der Waals surface area contributed by atoms with Gasteiger partial charge in [0.15, 0.2) is 0 Å². The van der Waals surface area contributed by atoms with E-state index in [1.165, 1.54) is 5.56 Å². The van der Waals surface area contributed by atoms with Crippen molar-refractivity contribution in [2.75, 3.05) is 0 Å². The third-order valence-electron chi connectivity index (χ3n) is 2.97. The number of aliphatic hydroxyl groups excluding tert-OH is 1. The van der Waals surface area contributed by atoms with Crippen molar-refractivity contribution in [3.63, 3.8) is 0 Å². The summed E-state index contributed by atoms with van der Waals surface area (Å²) in [5.41, 5.74) is 3.01. The topological polar surface area (TPSA) is 20.2 Å². The molecule has 0 saturated heterocycles.